The summed E-state index contributed by atoms with van der Waals surface area (Å²) >= 11 is 0. The van der Waals surface area contributed by atoms with E-state index in [1.54, 1.807) is 0 Å². The summed E-state index contributed by atoms with van der Waals surface area (Å²) in [5.41, 5.74) is 5.98. The molecule has 0 spiro atoms. The molecule has 0 heterocycles. The fourth-order valence-electron chi connectivity index (χ4n) is 1.35. The first kappa shape index (κ1) is 13.6. The van der Waals surface area contributed by atoms with Gasteiger partial charge in [0.2, 0.25) is 0 Å². The highest BCUT2D eigenvalue weighted by molar-refractivity contribution is 5.56. The van der Waals surface area contributed by atoms with Crippen LogP contribution < -0.4 is 15.2 Å². The van der Waals surface area contributed by atoms with Gasteiger partial charge in [-0.2, -0.15) is 0 Å². The summed E-state index contributed by atoms with van der Waals surface area (Å²) in [7, 11) is 0. The predicted octanol–water partition coefficient (Wildman–Crippen LogP) is 3.37. The number of hydrogen-bond donors (Lipinski definition) is 1. The van der Waals surface area contributed by atoms with E-state index in [1.807, 2.05) is 13.8 Å². The SMILES string of the molecule is CCCCOc1cc(OC(C)C)c(F)cc1N. The van der Waals surface area contributed by atoms with Crippen molar-refractivity contribution in [3.05, 3.63) is 17.9 Å². The summed E-state index contributed by atoms with van der Waals surface area (Å²) in [6.45, 7) is 6.33. The topological polar surface area (TPSA) is 44.5 Å². The van der Waals surface area contributed by atoms with Crippen molar-refractivity contribution in [2.45, 2.75) is 39.7 Å². The van der Waals surface area contributed by atoms with Crippen molar-refractivity contribution in [2.24, 2.45) is 0 Å². The molecule has 4 heteroatoms. The Morgan fingerprint density at radius 2 is 2.00 bits per heavy atom. The summed E-state index contributed by atoms with van der Waals surface area (Å²) in [4.78, 5) is 0. The van der Waals surface area contributed by atoms with Crippen LogP contribution in [0.1, 0.15) is 33.6 Å². The van der Waals surface area contributed by atoms with Crippen LogP contribution in [0.4, 0.5) is 10.1 Å². The molecule has 0 radical (unpaired) electrons. The summed E-state index contributed by atoms with van der Waals surface area (Å²) in [5, 5.41) is 0. The van der Waals surface area contributed by atoms with Gasteiger partial charge in [0, 0.05) is 12.1 Å². The van der Waals surface area contributed by atoms with Crippen LogP contribution in [0.25, 0.3) is 0 Å². The zero-order chi connectivity index (χ0) is 12.8. The van der Waals surface area contributed by atoms with Crippen LogP contribution in [-0.2, 0) is 0 Å². The summed E-state index contributed by atoms with van der Waals surface area (Å²) in [6.07, 6.45) is 1.89. The highest BCUT2D eigenvalue weighted by Gasteiger charge is 2.11. The molecule has 0 unspecified atom stereocenters. The van der Waals surface area contributed by atoms with Gasteiger partial charge in [-0.15, -0.1) is 0 Å². The largest absolute Gasteiger partial charge is 0.491 e. The van der Waals surface area contributed by atoms with Gasteiger partial charge in [0.15, 0.2) is 11.6 Å². The molecule has 1 rings (SSSR count). The van der Waals surface area contributed by atoms with Gasteiger partial charge < -0.3 is 15.2 Å². The second-order valence-electron chi connectivity index (χ2n) is 4.19. The molecule has 0 amide bonds. The lowest BCUT2D eigenvalue weighted by molar-refractivity contribution is 0.228. The third-order valence-corrected chi connectivity index (χ3v) is 2.18. The fourth-order valence-corrected chi connectivity index (χ4v) is 1.35. The zero-order valence-corrected chi connectivity index (χ0v) is 10.6. The monoisotopic (exact) mass is 241 g/mol. The van der Waals surface area contributed by atoms with Crippen molar-refractivity contribution < 1.29 is 13.9 Å². The number of rotatable bonds is 6. The van der Waals surface area contributed by atoms with Gasteiger partial charge in [0.25, 0.3) is 0 Å². The molecule has 1 aromatic rings. The van der Waals surface area contributed by atoms with Gasteiger partial charge in [-0.05, 0) is 20.3 Å². The zero-order valence-electron chi connectivity index (χ0n) is 10.6. The van der Waals surface area contributed by atoms with Crippen molar-refractivity contribution in [3.63, 3.8) is 0 Å². The maximum absolute atomic E-state index is 13.5. The number of anilines is 1. The van der Waals surface area contributed by atoms with Crippen LogP contribution in [0, 0.1) is 5.82 Å². The molecule has 17 heavy (non-hydrogen) atoms. The molecule has 0 aliphatic heterocycles. The van der Waals surface area contributed by atoms with Crippen molar-refractivity contribution >= 4 is 5.69 Å². The molecule has 0 fully saturated rings. The van der Waals surface area contributed by atoms with E-state index < -0.39 is 5.82 Å². The molecule has 1 aromatic carbocycles. The van der Waals surface area contributed by atoms with Gasteiger partial charge in [0.05, 0.1) is 18.4 Å². The van der Waals surface area contributed by atoms with Gasteiger partial charge in [0.1, 0.15) is 5.75 Å². The van der Waals surface area contributed by atoms with Crippen LogP contribution in [0.3, 0.4) is 0 Å². The van der Waals surface area contributed by atoms with Gasteiger partial charge in [-0.3, -0.25) is 0 Å². The van der Waals surface area contributed by atoms with Crippen LogP contribution in [0.2, 0.25) is 0 Å². The minimum atomic E-state index is -0.459. The second-order valence-corrected chi connectivity index (χ2v) is 4.19. The van der Waals surface area contributed by atoms with E-state index in [9.17, 15) is 4.39 Å². The van der Waals surface area contributed by atoms with Crippen LogP contribution in [-0.4, -0.2) is 12.7 Å². The fraction of sp³-hybridized carbons (Fsp3) is 0.538. The second kappa shape index (κ2) is 6.33. The molecule has 0 aromatic heterocycles. The summed E-state index contributed by atoms with van der Waals surface area (Å²) in [6, 6.07) is 2.75. The van der Waals surface area contributed by atoms with Crippen molar-refractivity contribution in [2.75, 3.05) is 12.3 Å². The first-order valence-corrected chi connectivity index (χ1v) is 5.93. The van der Waals surface area contributed by atoms with E-state index >= 15 is 0 Å². The highest BCUT2D eigenvalue weighted by Crippen LogP contribution is 2.30. The third kappa shape index (κ3) is 4.13. The molecule has 96 valence electrons. The molecule has 0 saturated carbocycles. The standard InChI is InChI=1S/C13H20FNO2/c1-4-5-6-16-13-8-12(17-9(2)3)10(14)7-11(13)15/h7-9H,4-6,15H2,1-3H3. The Morgan fingerprint density at radius 3 is 2.59 bits per heavy atom. The maximum Gasteiger partial charge on any atom is 0.167 e. The van der Waals surface area contributed by atoms with Gasteiger partial charge in [-0.1, -0.05) is 13.3 Å². The molecule has 0 saturated heterocycles. The number of hydrogen-bond acceptors (Lipinski definition) is 3. The number of ether oxygens (including phenoxy) is 2. The lowest BCUT2D eigenvalue weighted by Gasteiger charge is -2.14. The van der Waals surface area contributed by atoms with Gasteiger partial charge in [-0.25, -0.2) is 4.39 Å². The van der Waals surface area contributed by atoms with E-state index in [0.717, 1.165) is 12.8 Å². The first-order valence-electron chi connectivity index (χ1n) is 5.93. The van der Waals surface area contributed by atoms with Crippen molar-refractivity contribution in [3.8, 4) is 11.5 Å². The molecule has 0 aliphatic carbocycles. The Balaban J connectivity index is 2.82. The summed E-state index contributed by atoms with van der Waals surface area (Å²) < 4.78 is 24.3. The lowest BCUT2D eigenvalue weighted by Crippen LogP contribution is -2.08. The number of halogens is 1. The molecule has 2 N–H and O–H groups in total. The average Bonchev–Trinajstić information content (AvgIpc) is 2.24. The molecule has 0 atom stereocenters. The average molecular weight is 241 g/mol. The van der Waals surface area contributed by atoms with Crippen molar-refractivity contribution in [1.82, 2.24) is 0 Å². The molecular formula is C13H20FNO2. The Morgan fingerprint density at radius 1 is 1.29 bits per heavy atom. The van der Waals surface area contributed by atoms with Crippen LogP contribution in [0.15, 0.2) is 12.1 Å². The van der Waals surface area contributed by atoms with Crippen LogP contribution in [0.5, 0.6) is 11.5 Å². The molecule has 0 aliphatic rings. The smallest absolute Gasteiger partial charge is 0.167 e. The molecule has 3 nitrogen and oxygen atoms in total. The lowest BCUT2D eigenvalue weighted by atomic mass is 10.2. The molecular weight excluding hydrogens is 221 g/mol. The van der Waals surface area contributed by atoms with Gasteiger partial charge >= 0.3 is 0 Å². The Labute approximate surface area is 102 Å². The Kier molecular flexibility index (Phi) is 5.07. The van der Waals surface area contributed by atoms with E-state index in [-0.39, 0.29) is 11.9 Å². The number of benzene rings is 1. The number of nitrogen functional groups attached to an aromatic ring is 1. The van der Waals surface area contributed by atoms with E-state index in [1.165, 1.54) is 12.1 Å². The molecule has 0 bridgehead atoms. The maximum atomic E-state index is 13.5. The predicted molar refractivity (Wildman–Crippen MR) is 67.0 cm³/mol. The van der Waals surface area contributed by atoms with E-state index in [4.69, 9.17) is 15.2 Å². The minimum Gasteiger partial charge on any atom is -0.491 e. The first-order chi connectivity index (χ1) is 8.04. The van der Waals surface area contributed by atoms with Crippen LogP contribution >= 0.6 is 0 Å². The Bertz CT molecular complexity index is 367. The minimum absolute atomic E-state index is 0.0865. The van der Waals surface area contributed by atoms with Crippen molar-refractivity contribution in [1.29, 1.82) is 0 Å². The number of nitrogens with two attached hydrogens (primary N) is 1. The highest BCUT2D eigenvalue weighted by atomic mass is 19.1. The normalized spacial score (nSPS) is 10.6. The Hall–Kier alpha value is -1.45. The van der Waals surface area contributed by atoms with E-state index in [0.29, 0.717) is 18.0 Å². The van der Waals surface area contributed by atoms with E-state index in [2.05, 4.69) is 6.92 Å². The summed E-state index contributed by atoms with van der Waals surface area (Å²) in [5.74, 6) is 0.204. The third-order valence-electron chi connectivity index (χ3n) is 2.18. The quantitative estimate of drug-likeness (QED) is 0.613. The number of unbranched alkanes of at least 4 members (excludes halogenated alkanes) is 1.